The van der Waals surface area contributed by atoms with Crippen LogP contribution in [0.1, 0.15) is 15.9 Å². The first-order chi connectivity index (χ1) is 9.18. The van der Waals surface area contributed by atoms with Gasteiger partial charge in [0, 0.05) is 17.9 Å². The van der Waals surface area contributed by atoms with Crippen LogP contribution >= 0.6 is 15.9 Å². The number of halogens is 1. The summed E-state index contributed by atoms with van der Waals surface area (Å²) in [6, 6.07) is 13.4. The van der Waals surface area contributed by atoms with Gasteiger partial charge in [-0.05, 0) is 46.1 Å². The van der Waals surface area contributed by atoms with Gasteiger partial charge in [0.15, 0.2) is 0 Å². The smallest absolute Gasteiger partial charge is 0.259 e. The van der Waals surface area contributed by atoms with E-state index in [4.69, 9.17) is 5.73 Å². The Balaban J connectivity index is 2.00. The summed E-state index contributed by atoms with van der Waals surface area (Å²) in [6.45, 7) is 0.722. The fourth-order valence-electron chi connectivity index (χ4n) is 2.41. The molecule has 0 fully saturated rings. The zero-order valence-corrected chi connectivity index (χ0v) is 11.9. The first-order valence-electron chi connectivity index (χ1n) is 6.12. The van der Waals surface area contributed by atoms with Crippen molar-refractivity contribution in [3.8, 4) is 0 Å². The van der Waals surface area contributed by atoms with E-state index in [-0.39, 0.29) is 5.91 Å². The van der Waals surface area contributed by atoms with E-state index >= 15 is 0 Å². The van der Waals surface area contributed by atoms with Crippen molar-refractivity contribution >= 4 is 33.2 Å². The Morgan fingerprint density at radius 3 is 2.79 bits per heavy atom. The number of hydrogen-bond acceptors (Lipinski definition) is 2. The van der Waals surface area contributed by atoms with Gasteiger partial charge in [-0.1, -0.05) is 24.3 Å². The second-order valence-electron chi connectivity index (χ2n) is 4.54. The molecule has 4 heteroatoms. The SMILES string of the molecule is Nc1cccc(C(=O)N2CCc3ccccc32)c1Br. The molecule has 96 valence electrons. The van der Waals surface area contributed by atoms with Crippen molar-refractivity contribution in [3.63, 3.8) is 0 Å². The van der Waals surface area contributed by atoms with Crippen LogP contribution in [0.3, 0.4) is 0 Å². The molecule has 19 heavy (non-hydrogen) atoms. The van der Waals surface area contributed by atoms with Gasteiger partial charge >= 0.3 is 0 Å². The summed E-state index contributed by atoms with van der Waals surface area (Å²) in [4.78, 5) is 14.4. The van der Waals surface area contributed by atoms with Gasteiger partial charge in [-0.25, -0.2) is 0 Å². The van der Waals surface area contributed by atoms with E-state index in [1.165, 1.54) is 5.56 Å². The minimum Gasteiger partial charge on any atom is -0.398 e. The fourth-order valence-corrected chi connectivity index (χ4v) is 2.84. The average Bonchev–Trinajstić information content (AvgIpc) is 2.85. The number of amides is 1. The number of para-hydroxylation sites is 1. The van der Waals surface area contributed by atoms with Crippen molar-refractivity contribution < 1.29 is 4.79 Å². The molecule has 3 nitrogen and oxygen atoms in total. The van der Waals surface area contributed by atoms with Gasteiger partial charge < -0.3 is 10.6 Å². The third-order valence-electron chi connectivity index (χ3n) is 3.39. The second kappa shape index (κ2) is 4.70. The van der Waals surface area contributed by atoms with Crippen LogP contribution in [-0.4, -0.2) is 12.5 Å². The number of rotatable bonds is 1. The highest BCUT2D eigenvalue weighted by Gasteiger charge is 2.26. The van der Waals surface area contributed by atoms with E-state index in [1.807, 2.05) is 23.1 Å². The first kappa shape index (κ1) is 12.2. The largest absolute Gasteiger partial charge is 0.398 e. The number of fused-ring (bicyclic) bond motifs is 1. The third-order valence-corrected chi connectivity index (χ3v) is 4.28. The van der Waals surface area contributed by atoms with Crippen LogP contribution in [0.4, 0.5) is 11.4 Å². The molecule has 0 spiro atoms. The first-order valence-corrected chi connectivity index (χ1v) is 6.91. The molecule has 2 N–H and O–H groups in total. The maximum Gasteiger partial charge on any atom is 0.259 e. The second-order valence-corrected chi connectivity index (χ2v) is 5.34. The Bertz CT molecular complexity index is 654. The molecule has 0 atom stereocenters. The summed E-state index contributed by atoms with van der Waals surface area (Å²) >= 11 is 3.40. The predicted octanol–water partition coefficient (Wildman–Crippen LogP) is 3.23. The van der Waals surface area contributed by atoms with Gasteiger partial charge in [-0.2, -0.15) is 0 Å². The lowest BCUT2D eigenvalue weighted by Crippen LogP contribution is -2.29. The van der Waals surface area contributed by atoms with Crippen LogP contribution in [0.15, 0.2) is 46.9 Å². The Hall–Kier alpha value is -1.81. The summed E-state index contributed by atoms with van der Waals surface area (Å²) in [6.07, 6.45) is 0.905. The molecule has 2 aromatic carbocycles. The number of carbonyl (C=O) groups is 1. The van der Waals surface area contributed by atoms with Crippen LogP contribution in [0.5, 0.6) is 0 Å². The Kier molecular flexibility index (Phi) is 3.03. The number of nitrogens with two attached hydrogens (primary N) is 1. The summed E-state index contributed by atoms with van der Waals surface area (Å²) in [7, 11) is 0. The van der Waals surface area contributed by atoms with E-state index in [9.17, 15) is 4.79 Å². The topological polar surface area (TPSA) is 46.3 Å². The number of hydrogen-bond donors (Lipinski definition) is 1. The van der Waals surface area contributed by atoms with E-state index in [1.54, 1.807) is 18.2 Å². The van der Waals surface area contributed by atoms with E-state index in [0.29, 0.717) is 15.7 Å². The zero-order chi connectivity index (χ0) is 13.4. The molecular formula is C15H13BrN2O. The molecule has 0 aromatic heterocycles. The molecule has 3 rings (SSSR count). The zero-order valence-electron chi connectivity index (χ0n) is 10.3. The Morgan fingerprint density at radius 1 is 1.16 bits per heavy atom. The van der Waals surface area contributed by atoms with Crippen molar-refractivity contribution in [1.29, 1.82) is 0 Å². The fraction of sp³-hybridized carbons (Fsp3) is 0.133. The number of nitrogens with zero attached hydrogens (tertiary/aromatic N) is 1. The highest BCUT2D eigenvalue weighted by Crippen LogP contribution is 2.31. The standard InChI is InChI=1S/C15H13BrN2O/c16-14-11(5-3-6-12(14)17)15(19)18-9-8-10-4-1-2-7-13(10)18/h1-7H,8-9,17H2. The van der Waals surface area contributed by atoms with Crippen LogP contribution in [0.2, 0.25) is 0 Å². The van der Waals surface area contributed by atoms with Crippen molar-refractivity contribution in [2.24, 2.45) is 0 Å². The summed E-state index contributed by atoms with van der Waals surface area (Å²) < 4.78 is 0.671. The average molecular weight is 317 g/mol. The van der Waals surface area contributed by atoms with E-state index < -0.39 is 0 Å². The van der Waals surface area contributed by atoms with Gasteiger partial charge in [0.25, 0.3) is 5.91 Å². The van der Waals surface area contributed by atoms with Gasteiger partial charge in [-0.15, -0.1) is 0 Å². The molecule has 0 unspecified atom stereocenters. The molecule has 0 saturated heterocycles. The quantitative estimate of drug-likeness (QED) is 0.821. The molecule has 0 saturated carbocycles. The molecule has 0 bridgehead atoms. The lowest BCUT2D eigenvalue weighted by Gasteiger charge is -2.18. The number of nitrogen functional groups attached to an aromatic ring is 1. The van der Waals surface area contributed by atoms with Crippen LogP contribution in [-0.2, 0) is 6.42 Å². The molecule has 1 aliphatic heterocycles. The summed E-state index contributed by atoms with van der Waals surface area (Å²) in [5.74, 6) is -0.0101. The molecule has 0 radical (unpaired) electrons. The number of carbonyl (C=O) groups excluding carboxylic acids is 1. The maximum atomic E-state index is 12.6. The Labute approximate surface area is 120 Å². The van der Waals surface area contributed by atoms with Crippen molar-refractivity contribution in [2.75, 3.05) is 17.2 Å². The van der Waals surface area contributed by atoms with Crippen LogP contribution in [0, 0.1) is 0 Å². The highest BCUT2D eigenvalue weighted by atomic mass is 79.9. The van der Waals surface area contributed by atoms with E-state index in [0.717, 1.165) is 18.7 Å². The lowest BCUT2D eigenvalue weighted by molar-refractivity contribution is 0.0988. The summed E-state index contributed by atoms with van der Waals surface area (Å²) in [5, 5.41) is 0. The molecule has 1 aliphatic rings. The predicted molar refractivity (Wildman–Crippen MR) is 80.4 cm³/mol. The van der Waals surface area contributed by atoms with Crippen molar-refractivity contribution in [3.05, 3.63) is 58.1 Å². The summed E-state index contributed by atoms with van der Waals surface area (Å²) in [5.41, 5.74) is 9.24. The van der Waals surface area contributed by atoms with Gasteiger partial charge in [0.2, 0.25) is 0 Å². The third kappa shape index (κ3) is 2.02. The molecule has 1 heterocycles. The van der Waals surface area contributed by atoms with Crippen LogP contribution in [0.25, 0.3) is 0 Å². The van der Waals surface area contributed by atoms with Gasteiger partial charge in [0.05, 0.1) is 10.0 Å². The normalized spacial score (nSPS) is 13.4. The minimum absolute atomic E-state index is 0.0101. The van der Waals surface area contributed by atoms with Gasteiger partial charge in [-0.3, -0.25) is 4.79 Å². The highest BCUT2D eigenvalue weighted by molar-refractivity contribution is 9.10. The molecule has 0 aliphatic carbocycles. The van der Waals surface area contributed by atoms with Crippen molar-refractivity contribution in [1.82, 2.24) is 0 Å². The molecule has 1 amide bonds. The Morgan fingerprint density at radius 2 is 1.95 bits per heavy atom. The minimum atomic E-state index is -0.0101. The number of benzene rings is 2. The number of anilines is 2. The molecular weight excluding hydrogens is 304 g/mol. The lowest BCUT2D eigenvalue weighted by atomic mass is 10.1. The van der Waals surface area contributed by atoms with Crippen LogP contribution < -0.4 is 10.6 Å². The van der Waals surface area contributed by atoms with E-state index in [2.05, 4.69) is 22.0 Å². The monoisotopic (exact) mass is 316 g/mol. The van der Waals surface area contributed by atoms with Crippen molar-refractivity contribution in [2.45, 2.75) is 6.42 Å². The molecule has 2 aromatic rings. The maximum absolute atomic E-state index is 12.6. The van der Waals surface area contributed by atoms with Gasteiger partial charge in [0.1, 0.15) is 0 Å².